The number of thiazole rings is 1. The quantitative estimate of drug-likeness (QED) is 0.896. The summed E-state index contributed by atoms with van der Waals surface area (Å²) in [6.45, 7) is 3.29. The van der Waals surface area contributed by atoms with E-state index in [1.165, 1.54) is 12.1 Å². The van der Waals surface area contributed by atoms with E-state index >= 15 is 0 Å². The number of aromatic nitrogens is 1. The van der Waals surface area contributed by atoms with E-state index in [0.717, 1.165) is 11.3 Å². The molecule has 0 aliphatic carbocycles. The Morgan fingerprint density at radius 1 is 1.33 bits per heavy atom. The maximum atomic E-state index is 12.1. The van der Waals surface area contributed by atoms with Crippen molar-refractivity contribution in [1.82, 2.24) is 4.98 Å². The smallest absolute Gasteiger partial charge is 0.267 e. The van der Waals surface area contributed by atoms with Crippen molar-refractivity contribution in [3.63, 3.8) is 0 Å². The van der Waals surface area contributed by atoms with E-state index < -0.39 is 9.84 Å². The van der Waals surface area contributed by atoms with E-state index in [1.54, 1.807) is 26.0 Å². The number of amides is 1. The molecule has 2 aromatic rings. The van der Waals surface area contributed by atoms with E-state index in [9.17, 15) is 13.2 Å². The molecule has 0 atom stereocenters. The van der Waals surface area contributed by atoms with Crippen molar-refractivity contribution in [2.24, 2.45) is 0 Å². The maximum Gasteiger partial charge on any atom is 0.267 e. The van der Waals surface area contributed by atoms with E-state index in [4.69, 9.17) is 5.73 Å². The minimum absolute atomic E-state index is 0.0397. The SMILES string of the molecule is CCS(=O)(=O)c1ccc(NC(=O)c2sc(N)nc2C)cc1. The third-order valence-electron chi connectivity index (χ3n) is 2.87. The Morgan fingerprint density at radius 3 is 2.43 bits per heavy atom. The molecule has 1 aromatic carbocycles. The fourth-order valence-electron chi connectivity index (χ4n) is 1.73. The van der Waals surface area contributed by atoms with Crippen LogP contribution in [0, 0.1) is 6.92 Å². The molecule has 1 amide bonds. The van der Waals surface area contributed by atoms with Gasteiger partial charge in [0.05, 0.1) is 16.3 Å². The number of hydrogen-bond donors (Lipinski definition) is 2. The fraction of sp³-hybridized carbons (Fsp3) is 0.231. The van der Waals surface area contributed by atoms with Crippen molar-refractivity contribution in [2.75, 3.05) is 16.8 Å². The highest BCUT2D eigenvalue weighted by Gasteiger charge is 2.15. The number of carbonyl (C=O) groups is 1. The van der Waals surface area contributed by atoms with Gasteiger partial charge >= 0.3 is 0 Å². The monoisotopic (exact) mass is 325 g/mol. The van der Waals surface area contributed by atoms with Crippen LogP contribution in [0.2, 0.25) is 0 Å². The van der Waals surface area contributed by atoms with Gasteiger partial charge < -0.3 is 11.1 Å². The van der Waals surface area contributed by atoms with Gasteiger partial charge in [0, 0.05) is 5.69 Å². The summed E-state index contributed by atoms with van der Waals surface area (Å²) in [4.78, 5) is 16.7. The largest absolute Gasteiger partial charge is 0.375 e. The van der Waals surface area contributed by atoms with E-state index in [1.807, 2.05) is 0 Å². The van der Waals surface area contributed by atoms with Gasteiger partial charge in [0.2, 0.25) is 0 Å². The Hall–Kier alpha value is -1.93. The van der Waals surface area contributed by atoms with Gasteiger partial charge in [-0.15, -0.1) is 0 Å². The molecular formula is C13H15N3O3S2. The number of carbonyl (C=O) groups excluding carboxylic acids is 1. The van der Waals surface area contributed by atoms with Gasteiger partial charge in [-0.3, -0.25) is 4.79 Å². The van der Waals surface area contributed by atoms with Crippen LogP contribution in [0.3, 0.4) is 0 Å². The second-order valence-electron chi connectivity index (χ2n) is 4.35. The van der Waals surface area contributed by atoms with Crippen molar-refractivity contribution < 1.29 is 13.2 Å². The third-order valence-corrected chi connectivity index (χ3v) is 5.61. The minimum atomic E-state index is -3.24. The molecule has 6 nitrogen and oxygen atoms in total. The second-order valence-corrected chi connectivity index (χ2v) is 7.66. The Balaban J connectivity index is 2.18. The summed E-state index contributed by atoms with van der Waals surface area (Å²) in [5.41, 5.74) is 6.64. The number of anilines is 2. The lowest BCUT2D eigenvalue weighted by Crippen LogP contribution is -2.11. The zero-order valence-electron chi connectivity index (χ0n) is 11.6. The molecule has 1 aromatic heterocycles. The number of nitrogens with one attached hydrogen (secondary N) is 1. The first kappa shape index (κ1) is 15.5. The van der Waals surface area contributed by atoms with Crippen molar-refractivity contribution >= 4 is 37.9 Å². The van der Waals surface area contributed by atoms with Crippen LogP contribution >= 0.6 is 11.3 Å². The standard InChI is InChI=1S/C13H15N3O3S2/c1-3-21(18,19)10-6-4-9(5-7-10)16-12(17)11-8(2)15-13(14)20-11/h4-7H,3H2,1-2H3,(H2,14,15)(H,16,17). The molecule has 8 heteroatoms. The molecule has 0 spiro atoms. The molecule has 112 valence electrons. The summed E-state index contributed by atoms with van der Waals surface area (Å²) in [7, 11) is -3.24. The third kappa shape index (κ3) is 3.40. The van der Waals surface area contributed by atoms with Gasteiger partial charge in [-0.2, -0.15) is 0 Å². The number of benzene rings is 1. The Bertz CT molecular complexity index is 764. The Morgan fingerprint density at radius 2 is 1.95 bits per heavy atom. The van der Waals surface area contributed by atoms with E-state index in [2.05, 4.69) is 10.3 Å². The van der Waals surface area contributed by atoms with Crippen molar-refractivity contribution in [2.45, 2.75) is 18.7 Å². The molecule has 0 radical (unpaired) electrons. The van der Waals surface area contributed by atoms with Gasteiger partial charge in [0.25, 0.3) is 5.91 Å². The van der Waals surface area contributed by atoms with Crippen LogP contribution < -0.4 is 11.1 Å². The van der Waals surface area contributed by atoms with Crippen LogP contribution in [0.4, 0.5) is 10.8 Å². The molecule has 1 heterocycles. The van der Waals surface area contributed by atoms with Crippen LogP contribution in [0.15, 0.2) is 29.2 Å². The molecule has 0 fully saturated rings. The summed E-state index contributed by atoms with van der Waals surface area (Å²) in [5, 5.41) is 3.03. The highest BCUT2D eigenvalue weighted by atomic mass is 32.2. The average Bonchev–Trinajstić information content (AvgIpc) is 2.78. The first-order chi connectivity index (χ1) is 9.83. The number of aryl methyl sites for hydroxylation is 1. The van der Waals surface area contributed by atoms with Crippen molar-refractivity contribution in [1.29, 1.82) is 0 Å². The van der Waals surface area contributed by atoms with Gasteiger partial charge in [0.1, 0.15) is 4.88 Å². The molecule has 2 rings (SSSR count). The van der Waals surface area contributed by atoms with Gasteiger partial charge in [-0.05, 0) is 31.2 Å². The molecule has 0 aliphatic rings. The number of nitrogens with zero attached hydrogens (tertiary/aromatic N) is 1. The maximum absolute atomic E-state index is 12.1. The molecule has 0 unspecified atom stereocenters. The zero-order chi connectivity index (χ0) is 15.6. The van der Waals surface area contributed by atoms with Gasteiger partial charge in [-0.25, -0.2) is 13.4 Å². The van der Waals surface area contributed by atoms with Crippen LogP contribution in [0.1, 0.15) is 22.3 Å². The number of rotatable bonds is 4. The predicted molar refractivity (Wildman–Crippen MR) is 83.4 cm³/mol. The number of nitrogens with two attached hydrogens (primary N) is 1. The predicted octanol–water partition coefficient (Wildman–Crippen LogP) is 2.08. The van der Waals surface area contributed by atoms with Crippen LogP contribution in [-0.4, -0.2) is 25.1 Å². The highest BCUT2D eigenvalue weighted by Crippen LogP contribution is 2.22. The van der Waals surface area contributed by atoms with Crippen molar-refractivity contribution in [3.05, 3.63) is 34.8 Å². The Labute approximate surface area is 126 Å². The summed E-state index contributed by atoms with van der Waals surface area (Å²) in [5.74, 6) is -0.272. The lowest BCUT2D eigenvalue weighted by Gasteiger charge is -2.06. The summed E-state index contributed by atoms with van der Waals surface area (Å²) < 4.78 is 23.4. The van der Waals surface area contributed by atoms with Gasteiger partial charge in [-0.1, -0.05) is 18.3 Å². The first-order valence-electron chi connectivity index (χ1n) is 6.20. The topological polar surface area (TPSA) is 102 Å². The average molecular weight is 325 g/mol. The molecule has 0 bridgehead atoms. The molecule has 0 saturated heterocycles. The molecule has 3 N–H and O–H groups in total. The molecular weight excluding hydrogens is 310 g/mol. The number of hydrogen-bond acceptors (Lipinski definition) is 6. The first-order valence-corrected chi connectivity index (χ1v) is 8.67. The normalized spacial score (nSPS) is 11.3. The zero-order valence-corrected chi connectivity index (χ0v) is 13.2. The molecule has 21 heavy (non-hydrogen) atoms. The lowest BCUT2D eigenvalue weighted by molar-refractivity contribution is 0.103. The van der Waals surface area contributed by atoms with E-state index in [0.29, 0.717) is 21.4 Å². The summed E-state index contributed by atoms with van der Waals surface area (Å²) >= 11 is 1.11. The van der Waals surface area contributed by atoms with Gasteiger partial charge in [0.15, 0.2) is 15.0 Å². The molecule has 0 aliphatic heterocycles. The summed E-state index contributed by atoms with van der Waals surface area (Å²) in [6, 6.07) is 6.06. The highest BCUT2D eigenvalue weighted by molar-refractivity contribution is 7.91. The van der Waals surface area contributed by atoms with Crippen molar-refractivity contribution in [3.8, 4) is 0 Å². The number of sulfone groups is 1. The van der Waals surface area contributed by atoms with E-state index in [-0.39, 0.29) is 16.6 Å². The number of nitrogen functional groups attached to an aromatic ring is 1. The minimum Gasteiger partial charge on any atom is -0.375 e. The van der Waals surface area contributed by atoms with Crippen LogP contribution in [0.25, 0.3) is 0 Å². The fourth-order valence-corrected chi connectivity index (χ4v) is 3.34. The van der Waals surface area contributed by atoms with Crippen LogP contribution in [0.5, 0.6) is 0 Å². The van der Waals surface area contributed by atoms with Crippen LogP contribution in [-0.2, 0) is 9.84 Å². The summed E-state index contributed by atoms with van der Waals surface area (Å²) in [6.07, 6.45) is 0. The molecule has 0 saturated carbocycles. The second kappa shape index (κ2) is 5.82. The lowest BCUT2D eigenvalue weighted by atomic mass is 10.3. The Kier molecular flexibility index (Phi) is 4.29.